The Morgan fingerprint density at radius 3 is 2.24 bits per heavy atom. The van der Waals surface area contributed by atoms with Crippen molar-refractivity contribution in [2.75, 3.05) is 0 Å². The summed E-state index contributed by atoms with van der Waals surface area (Å²) in [5, 5.41) is 0. The summed E-state index contributed by atoms with van der Waals surface area (Å²) in [6, 6.07) is 11.6. The van der Waals surface area contributed by atoms with Gasteiger partial charge in [-0.3, -0.25) is 0 Å². The zero-order valence-corrected chi connectivity index (χ0v) is 11.9. The van der Waals surface area contributed by atoms with Crippen LogP contribution in [0, 0.1) is 6.92 Å². The molecule has 0 saturated heterocycles. The number of halogens is 3. The lowest BCUT2D eigenvalue weighted by atomic mass is 10.1. The number of benzene rings is 2. The summed E-state index contributed by atoms with van der Waals surface area (Å²) in [7, 11) is -1.73. The van der Waals surface area contributed by atoms with Crippen molar-refractivity contribution in [3.05, 3.63) is 65.2 Å². The van der Waals surface area contributed by atoms with Gasteiger partial charge in [-0.15, -0.1) is 0 Å². The minimum atomic E-state index is -4.40. The number of alkyl halides is 3. The molecule has 0 heterocycles. The fraction of sp³-hybridized carbons (Fsp3) is 0.133. The van der Waals surface area contributed by atoms with E-state index in [1.807, 2.05) is 31.2 Å². The van der Waals surface area contributed by atoms with Gasteiger partial charge in [0.2, 0.25) is 0 Å². The third-order valence-corrected chi connectivity index (χ3v) is 3.83. The van der Waals surface area contributed by atoms with Gasteiger partial charge >= 0.3 is 6.18 Å². The Morgan fingerprint density at radius 1 is 1.05 bits per heavy atom. The Kier molecular flexibility index (Phi) is 4.57. The van der Waals surface area contributed by atoms with E-state index in [1.54, 1.807) is 0 Å². The van der Waals surface area contributed by atoms with E-state index in [1.165, 1.54) is 18.3 Å². The number of hydrogen-bond acceptors (Lipinski definition) is 1. The molecule has 0 radical (unpaired) electrons. The second-order valence-electron chi connectivity index (χ2n) is 4.36. The molecule has 110 valence electrons. The van der Waals surface area contributed by atoms with Crippen molar-refractivity contribution in [1.82, 2.24) is 0 Å². The normalized spacial score (nSPS) is 13.5. The van der Waals surface area contributed by atoms with E-state index in [2.05, 4.69) is 4.40 Å². The van der Waals surface area contributed by atoms with Crippen LogP contribution in [0.2, 0.25) is 0 Å². The zero-order chi connectivity index (χ0) is 15.5. The van der Waals surface area contributed by atoms with Crippen LogP contribution in [0.1, 0.15) is 16.7 Å². The molecule has 2 rings (SSSR count). The predicted octanol–water partition coefficient (Wildman–Crippen LogP) is 4.16. The van der Waals surface area contributed by atoms with E-state index in [-0.39, 0.29) is 4.90 Å². The molecule has 0 aliphatic rings. The smallest absolute Gasteiger partial charge is 0.229 e. The van der Waals surface area contributed by atoms with Gasteiger partial charge in [0.15, 0.2) is 11.0 Å². The second-order valence-corrected chi connectivity index (χ2v) is 5.54. The molecule has 6 heteroatoms. The van der Waals surface area contributed by atoms with Crippen molar-refractivity contribution >= 4 is 17.2 Å². The van der Waals surface area contributed by atoms with Crippen LogP contribution < -0.4 is 0 Å². The highest BCUT2D eigenvalue weighted by atomic mass is 32.2. The minimum Gasteiger partial charge on any atom is -0.229 e. The van der Waals surface area contributed by atoms with Crippen molar-refractivity contribution in [2.24, 2.45) is 4.40 Å². The molecule has 2 aromatic carbocycles. The lowest BCUT2D eigenvalue weighted by molar-refractivity contribution is -0.137. The van der Waals surface area contributed by atoms with Crippen LogP contribution in [0.3, 0.4) is 0 Å². The maximum absolute atomic E-state index is 12.4. The minimum absolute atomic E-state index is 0.229. The number of hydrogen-bond donors (Lipinski definition) is 0. The summed E-state index contributed by atoms with van der Waals surface area (Å²) in [5.41, 5.74) is 1.02. The monoisotopic (exact) mass is 311 g/mol. The lowest BCUT2D eigenvalue weighted by Gasteiger charge is -2.06. The third-order valence-electron chi connectivity index (χ3n) is 2.86. The quantitative estimate of drug-likeness (QED) is 0.783. The van der Waals surface area contributed by atoms with Crippen LogP contribution in [0.5, 0.6) is 0 Å². The Hall–Kier alpha value is -1.95. The van der Waals surface area contributed by atoms with E-state index < -0.39 is 22.7 Å². The topological polar surface area (TPSA) is 29.4 Å². The maximum atomic E-state index is 12.4. The Balaban J connectivity index is 2.16. The molecule has 0 N–H and O–H groups in total. The molecule has 21 heavy (non-hydrogen) atoms. The Bertz CT molecular complexity index is 678. The predicted molar refractivity (Wildman–Crippen MR) is 76.6 cm³/mol. The van der Waals surface area contributed by atoms with E-state index >= 15 is 0 Å². The molecule has 0 bridgehead atoms. The lowest BCUT2D eigenvalue weighted by Crippen LogP contribution is -2.04. The molecular formula is C15H12F3NOS. The van der Waals surface area contributed by atoms with E-state index in [0.717, 1.165) is 23.3 Å². The fourth-order valence-corrected chi connectivity index (χ4v) is 2.36. The molecule has 0 aromatic heterocycles. The molecule has 0 spiro atoms. The average Bonchev–Trinajstić information content (AvgIpc) is 2.45. The van der Waals surface area contributed by atoms with Crippen LogP contribution in [0.25, 0.3) is 0 Å². The van der Waals surface area contributed by atoms with Gasteiger partial charge in [-0.2, -0.15) is 17.6 Å². The summed E-state index contributed by atoms with van der Waals surface area (Å²) < 4.78 is 53.1. The highest BCUT2D eigenvalue weighted by molar-refractivity contribution is 7.83. The maximum Gasteiger partial charge on any atom is 0.416 e. The van der Waals surface area contributed by atoms with Gasteiger partial charge in [0, 0.05) is 6.21 Å². The van der Waals surface area contributed by atoms with E-state index in [4.69, 9.17) is 0 Å². The first-order valence-corrected chi connectivity index (χ1v) is 7.17. The highest BCUT2D eigenvalue weighted by Crippen LogP contribution is 2.29. The summed E-state index contributed by atoms with van der Waals surface area (Å²) in [5.74, 6) is 0. The molecule has 0 aliphatic heterocycles. The first-order chi connectivity index (χ1) is 9.88. The van der Waals surface area contributed by atoms with Crippen molar-refractivity contribution in [3.63, 3.8) is 0 Å². The number of rotatable bonds is 3. The number of aryl methyl sites for hydroxylation is 1. The Labute approximate surface area is 122 Å². The van der Waals surface area contributed by atoms with Gasteiger partial charge in [0.25, 0.3) is 0 Å². The molecule has 1 unspecified atom stereocenters. The van der Waals surface area contributed by atoms with Gasteiger partial charge in [-0.1, -0.05) is 24.3 Å². The fourth-order valence-electron chi connectivity index (χ4n) is 1.66. The Morgan fingerprint density at radius 2 is 1.67 bits per heavy atom. The molecule has 0 fully saturated rings. The highest BCUT2D eigenvalue weighted by Gasteiger charge is 2.30. The van der Waals surface area contributed by atoms with Gasteiger partial charge in [-0.25, -0.2) is 4.21 Å². The second kappa shape index (κ2) is 6.22. The van der Waals surface area contributed by atoms with E-state index in [0.29, 0.717) is 0 Å². The van der Waals surface area contributed by atoms with Gasteiger partial charge in [0.1, 0.15) is 0 Å². The largest absolute Gasteiger partial charge is 0.416 e. The standard InChI is InChI=1S/C15H12F3NOS/c1-11-4-2-3-5-12(11)10-19-21(20)14-8-6-13(7-9-14)15(16,17)18/h2-10H,1H3/b19-10+. The molecule has 1 atom stereocenters. The summed E-state index contributed by atoms with van der Waals surface area (Å²) >= 11 is 0. The third kappa shape index (κ3) is 4.01. The van der Waals surface area contributed by atoms with Crippen LogP contribution >= 0.6 is 0 Å². The van der Waals surface area contributed by atoms with Gasteiger partial charge < -0.3 is 0 Å². The summed E-state index contributed by atoms with van der Waals surface area (Å²) in [4.78, 5) is 0.229. The number of nitrogens with zero attached hydrogens (tertiary/aromatic N) is 1. The molecule has 0 saturated carbocycles. The molecule has 0 aliphatic carbocycles. The summed E-state index contributed by atoms with van der Waals surface area (Å²) in [6.07, 6.45) is -2.94. The van der Waals surface area contributed by atoms with Gasteiger partial charge in [-0.05, 0) is 42.3 Å². The molecule has 0 amide bonds. The van der Waals surface area contributed by atoms with Crippen molar-refractivity contribution in [1.29, 1.82) is 0 Å². The first-order valence-electron chi connectivity index (χ1n) is 6.07. The van der Waals surface area contributed by atoms with Gasteiger partial charge in [0.05, 0.1) is 10.5 Å². The van der Waals surface area contributed by atoms with Crippen LogP contribution in [0.15, 0.2) is 57.8 Å². The first kappa shape index (κ1) is 15.4. The SMILES string of the molecule is Cc1ccccc1/C=N/S(=O)c1ccc(C(F)(F)F)cc1. The molecule has 2 aromatic rings. The zero-order valence-electron chi connectivity index (χ0n) is 11.1. The molecule has 2 nitrogen and oxygen atoms in total. The summed E-state index contributed by atoms with van der Waals surface area (Å²) in [6.45, 7) is 1.89. The van der Waals surface area contributed by atoms with Crippen LogP contribution in [-0.4, -0.2) is 10.4 Å². The average molecular weight is 311 g/mol. The molecular weight excluding hydrogens is 299 g/mol. The van der Waals surface area contributed by atoms with Crippen LogP contribution in [0.4, 0.5) is 13.2 Å². The van der Waals surface area contributed by atoms with E-state index in [9.17, 15) is 17.4 Å². The van der Waals surface area contributed by atoms with Crippen molar-refractivity contribution in [2.45, 2.75) is 18.0 Å². The van der Waals surface area contributed by atoms with Crippen molar-refractivity contribution < 1.29 is 17.4 Å². The van der Waals surface area contributed by atoms with Crippen LogP contribution in [-0.2, 0) is 17.2 Å². The van der Waals surface area contributed by atoms with Crippen molar-refractivity contribution in [3.8, 4) is 0 Å².